The molecule has 0 unspecified atom stereocenters. The maximum absolute atomic E-state index is 13.0. The van der Waals surface area contributed by atoms with Crippen molar-refractivity contribution < 1.29 is 25.2 Å². The lowest BCUT2D eigenvalue weighted by Crippen LogP contribution is -2.38. The summed E-state index contributed by atoms with van der Waals surface area (Å²) in [5.74, 6) is -0.211. The fourth-order valence-corrected chi connectivity index (χ4v) is 6.13. The molecule has 0 heterocycles. The zero-order valence-corrected chi connectivity index (χ0v) is 29.1. The van der Waals surface area contributed by atoms with Crippen LogP contribution in [0.4, 0.5) is 0 Å². The predicted octanol–water partition coefficient (Wildman–Crippen LogP) is 8.66. The lowest BCUT2D eigenvalue weighted by Gasteiger charge is -2.38. The third kappa shape index (κ3) is 10.4. The van der Waals surface area contributed by atoms with E-state index < -0.39 is 23.7 Å². The molecule has 1 fully saturated rings. The number of aliphatic hydroxyl groups is 4. The Hall–Kier alpha value is -3.25. The average Bonchev–Trinajstić information content (AvgIpc) is 3.15. The molecule has 2 aliphatic rings. The van der Waals surface area contributed by atoms with Crippen LogP contribution in [0.5, 0.6) is 0 Å². The van der Waals surface area contributed by atoms with Crippen LogP contribution in [0.3, 0.4) is 0 Å². The molecule has 4 atom stereocenters. The Morgan fingerprint density at radius 1 is 0.733 bits per heavy atom. The third-order valence-electron chi connectivity index (χ3n) is 9.55. The van der Waals surface area contributed by atoms with Crippen LogP contribution in [0, 0.1) is 16.2 Å². The molecule has 0 aliphatic heterocycles. The smallest absolute Gasteiger partial charge is 0.165 e. The van der Waals surface area contributed by atoms with Gasteiger partial charge in [-0.2, -0.15) is 0 Å². The van der Waals surface area contributed by atoms with Crippen molar-refractivity contribution in [2.45, 2.75) is 107 Å². The molecule has 2 rings (SSSR count). The Bertz CT molecular complexity index is 1400. The quantitative estimate of drug-likeness (QED) is 0.106. The van der Waals surface area contributed by atoms with Crippen molar-refractivity contribution in [2.75, 3.05) is 0 Å². The lowest BCUT2D eigenvalue weighted by molar-refractivity contribution is -0.127. The zero-order valence-electron chi connectivity index (χ0n) is 29.1. The topological polar surface area (TPSA) is 98.0 Å². The molecule has 0 amide bonds. The summed E-state index contributed by atoms with van der Waals surface area (Å²) in [6.45, 7) is 19.8. The highest BCUT2D eigenvalue weighted by Gasteiger charge is 2.53. The highest BCUT2D eigenvalue weighted by Crippen LogP contribution is 2.53. The van der Waals surface area contributed by atoms with E-state index in [1.54, 1.807) is 13.0 Å². The van der Waals surface area contributed by atoms with E-state index in [0.717, 1.165) is 27.9 Å². The van der Waals surface area contributed by atoms with E-state index in [-0.39, 0.29) is 22.4 Å². The third-order valence-corrected chi connectivity index (χ3v) is 9.55. The molecule has 45 heavy (non-hydrogen) atoms. The van der Waals surface area contributed by atoms with Crippen molar-refractivity contribution in [3.05, 3.63) is 118 Å². The Morgan fingerprint density at radius 2 is 1.24 bits per heavy atom. The molecular weight excluding hydrogens is 560 g/mol. The first-order valence-electron chi connectivity index (χ1n) is 15.9. The Morgan fingerprint density at radius 3 is 1.78 bits per heavy atom. The fourth-order valence-electron chi connectivity index (χ4n) is 6.13. The van der Waals surface area contributed by atoms with Gasteiger partial charge < -0.3 is 20.4 Å². The van der Waals surface area contributed by atoms with Gasteiger partial charge in [0.1, 0.15) is 11.9 Å². The second-order valence-corrected chi connectivity index (χ2v) is 14.4. The van der Waals surface area contributed by atoms with Crippen LogP contribution in [0.2, 0.25) is 0 Å². The predicted molar refractivity (Wildman–Crippen MR) is 188 cm³/mol. The Labute approximate surface area is 271 Å². The molecule has 0 saturated heterocycles. The van der Waals surface area contributed by atoms with E-state index >= 15 is 0 Å². The number of allylic oxidation sites excluding steroid dienone is 18. The van der Waals surface area contributed by atoms with Gasteiger partial charge in [0.05, 0.1) is 12.2 Å². The summed E-state index contributed by atoms with van der Waals surface area (Å²) in [5.41, 5.74) is 4.47. The van der Waals surface area contributed by atoms with Crippen LogP contribution in [0.25, 0.3) is 0 Å². The summed E-state index contributed by atoms with van der Waals surface area (Å²) in [4.78, 5) is 13.0. The minimum absolute atomic E-state index is 0.0550. The first-order chi connectivity index (χ1) is 20.8. The molecule has 0 spiro atoms. The van der Waals surface area contributed by atoms with E-state index in [9.17, 15) is 25.2 Å². The van der Waals surface area contributed by atoms with E-state index in [1.165, 1.54) is 6.08 Å². The summed E-state index contributed by atoms with van der Waals surface area (Å²) in [6.07, 6.45) is 24.5. The molecule has 0 radical (unpaired) electrons. The van der Waals surface area contributed by atoms with Crippen molar-refractivity contribution in [1.82, 2.24) is 0 Å². The summed E-state index contributed by atoms with van der Waals surface area (Å²) in [6, 6.07) is 0. The van der Waals surface area contributed by atoms with Crippen molar-refractivity contribution in [1.29, 1.82) is 0 Å². The second-order valence-electron chi connectivity index (χ2n) is 14.4. The van der Waals surface area contributed by atoms with Crippen molar-refractivity contribution in [3.63, 3.8) is 0 Å². The van der Waals surface area contributed by atoms with Gasteiger partial charge in [0, 0.05) is 11.5 Å². The molecule has 0 aromatic rings. The Kier molecular flexibility index (Phi) is 13.4. The summed E-state index contributed by atoms with van der Waals surface area (Å²) in [5, 5.41) is 41.0. The number of rotatable bonds is 11. The van der Waals surface area contributed by atoms with E-state index in [0.29, 0.717) is 24.8 Å². The van der Waals surface area contributed by atoms with Crippen LogP contribution in [0.1, 0.15) is 88.5 Å². The van der Waals surface area contributed by atoms with Gasteiger partial charge in [0.15, 0.2) is 5.78 Å². The SMILES string of the molecule is CC1=C(/C=C/C(C)=C/C=C/C(C)=C/C=C/C=C(C)/C=C/C=C(C)/C(O)=C/C(=O)[C@]2(C)C[C@@H](O)CC2(C)C)C(C)(C)C[C@H](O)[C@@H]1O. The lowest BCUT2D eigenvalue weighted by atomic mass is 9.66. The van der Waals surface area contributed by atoms with E-state index in [4.69, 9.17) is 0 Å². The molecule has 246 valence electrons. The molecule has 2 aliphatic carbocycles. The standard InChI is InChI=1S/C40H56O5/c1-27(17-13-18-29(3)21-22-33-31(5)37(45)35(43)26-38(33,6)7)15-11-12-16-28(2)19-14-20-30(4)34(42)23-36(44)40(10)25-32(41)24-39(40,8)9/h11-23,32,35,37,41-43,45H,24-26H2,1-10H3/b12-11+,17-13+,19-14+,22-21+,27-15+,28-16+,29-18+,30-20+,34-23-/t32-,35-,37+,40-/m0/s1. The van der Waals surface area contributed by atoms with Crippen LogP contribution in [0.15, 0.2) is 118 Å². The molecule has 5 nitrogen and oxygen atoms in total. The molecule has 0 bridgehead atoms. The van der Waals surface area contributed by atoms with Gasteiger partial charge >= 0.3 is 0 Å². The molecule has 5 heteroatoms. The van der Waals surface area contributed by atoms with E-state index in [2.05, 4.69) is 19.9 Å². The van der Waals surface area contributed by atoms with Gasteiger partial charge in [-0.3, -0.25) is 4.79 Å². The molecule has 0 aromatic heterocycles. The number of hydrogen-bond donors (Lipinski definition) is 4. The minimum Gasteiger partial charge on any atom is -0.508 e. The van der Waals surface area contributed by atoms with Crippen LogP contribution in [-0.4, -0.2) is 44.5 Å². The number of hydrogen-bond acceptors (Lipinski definition) is 5. The van der Waals surface area contributed by atoms with Gasteiger partial charge in [-0.25, -0.2) is 0 Å². The maximum Gasteiger partial charge on any atom is 0.165 e. The molecule has 0 aromatic carbocycles. The van der Waals surface area contributed by atoms with Crippen LogP contribution in [-0.2, 0) is 4.79 Å². The highest BCUT2D eigenvalue weighted by molar-refractivity contribution is 5.96. The minimum atomic E-state index is -0.811. The normalized spacial score (nSPS) is 28.9. The van der Waals surface area contributed by atoms with E-state index in [1.807, 2.05) is 109 Å². The number of aliphatic hydroxyl groups excluding tert-OH is 4. The number of ketones is 1. The molecule has 1 saturated carbocycles. The average molecular weight is 617 g/mol. The molecular formula is C40H56O5. The van der Waals surface area contributed by atoms with Crippen molar-refractivity contribution in [2.24, 2.45) is 16.2 Å². The summed E-state index contributed by atoms with van der Waals surface area (Å²) < 4.78 is 0. The summed E-state index contributed by atoms with van der Waals surface area (Å²) in [7, 11) is 0. The molecule has 4 N–H and O–H groups in total. The summed E-state index contributed by atoms with van der Waals surface area (Å²) >= 11 is 0. The second kappa shape index (κ2) is 15.8. The zero-order chi connectivity index (χ0) is 34.2. The van der Waals surface area contributed by atoms with Crippen LogP contribution < -0.4 is 0 Å². The van der Waals surface area contributed by atoms with Crippen molar-refractivity contribution in [3.8, 4) is 0 Å². The van der Waals surface area contributed by atoms with Crippen molar-refractivity contribution >= 4 is 5.78 Å². The first-order valence-corrected chi connectivity index (χ1v) is 15.9. The van der Waals surface area contributed by atoms with Gasteiger partial charge in [0.2, 0.25) is 0 Å². The van der Waals surface area contributed by atoms with Gasteiger partial charge in [0.25, 0.3) is 0 Å². The van der Waals surface area contributed by atoms with Gasteiger partial charge in [-0.15, -0.1) is 0 Å². The number of carbonyl (C=O) groups excluding carboxylic acids is 1. The first kappa shape index (κ1) is 37.9. The largest absolute Gasteiger partial charge is 0.508 e. The highest BCUT2D eigenvalue weighted by atomic mass is 16.3. The fraction of sp³-hybridized carbons (Fsp3) is 0.475. The maximum atomic E-state index is 13.0. The number of carbonyl (C=O) groups is 1. The monoisotopic (exact) mass is 616 g/mol. The van der Waals surface area contributed by atoms with Crippen LogP contribution >= 0.6 is 0 Å². The van der Waals surface area contributed by atoms with Gasteiger partial charge in [-0.05, 0) is 81.4 Å². The Balaban J connectivity index is 1.95. The van der Waals surface area contributed by atoms with Gasteiger partial charge in [-0.1, -0.05) is 124 Å².